The summed E-state index contributed by atoms with van der Waals surface area (Å²) in [6.45, 7) is 0. The zero-order valence-corrected chi connectivity index (χ0v) is 14.1. The van der Waals surface area contributed by atoms with E-state index >= 15 is 0 Å². The van der Waals surface area contributed by atoms with Crippen molar-refractivity contribution in [2.24, 2.45) is 0 Å². The van der Waals surface area contributed by atoms with Crippen molar-refractivity contribution < 1.29 is 4.39 Å². The SMILES string of the molecule is Fc1ccc(-c2ncccc2-c2ccc3ncccc3n2)cc1C1CC1. The molecule has 126 valence electrons. The second-order valence-corrected chi connectivity index (χ2v) is 6.65. The van der Waals surface area contributed by atoms with Crippen molar-refractivity contribution in [2.75, 3.05) is 0 Å². The molecule has 0 saturated heterocycles. The molecule has 4 heteroatoms. The van der Waals surface area contributed by atoms with Crippen LogP contribution < -0.4 is 0 Å². The highest BCUT2D eigenvalue weighted by molar-refractivity contribution is 5.83. The Balaban J connectivity index is 1.66. The van der Waals surface area contributed by atoms with Crippen LogP contribution in [0, 0.1) is 5.82 Å². The van der Waals surface area contributed by atoms with E-state index in [1.54, 1.807) is 24.5 Å². The van der Waals surface area contributed by atoms with Crippen LogP contribution in [0.5, 0.6) is 0 Å². The van der Waals surface area contributed by atoms with Crippen LogP contribution in [0.1, 0.15) is 24.3 Å². The predicted octanol–water partition coefficient (Wildman–Crippen LogP) is 5.38. The van der Waals surface area contributed by atoms with Crippen molar-refractivity contribution in [1.82, 2.24) is 15.0 Å². The fourth-order valence-corrected chi connectivity index (χ4v) is 3.35. The van der Waals surface area contributed by atoms with Gasteiger partial charge in [0, 0.05) is 23.5 Å². The summed E-state index contributed by atoms with van der Waals surface area (Å²) in [6.07, 6.45) is 5.65. The number of pyridine rings is 3. The van der Waals surface area contributed by atoms with Gasteiger partial charge in [0.2, 0.25) is 0 Å². The average molecular weight is 341 g/mol. The molecule has 0 spiro atoms. The van der Waals surface area contributed by atoms with E-state index in [-0.39, 0.29) is 5.82 Å². The second kappa shape index (κ2) is 5.99. The van der Waals surface area contributed by atoms with Crippen LogP contribution in [-0.2, 0) is 0 Å². The minimum absolute atomic E-state index is 0.122. The molecule has 3 heterocycles. The lowest BCUT2D eigenvalue weighted by Gasteiger charge is -2.11. The maximum absolute atomic E-state index is 14.1. The van der Waals surface area contributed by atoms with Gasteiger partial charge in [-0.3, -0.25) is 9.97 Å². The van der Waals surface area contributed by atoms with E-state index in [1.165, 1.54) is 0 Å². The minimum Gasteiger partial charge on any atom is -0.256 e. The lowest BCUT2D eigenvalue weighted by molar-refractivity contribution is 0.611. The van der Waals surface area contributed by atoms with Crippen LogP contribution in [-0.4, -0.2) is 15.0 Å². The van der Waals surface area contributed by atoms with Gasteiger partial charge in [0.05, 0.1) is 22.4 Å². The molecule has 5 rings (SSSR count). The van der Waals surface area contributed by atoms with Gasteiger partial charge in [0.25, 0.3) is 0 Å². The van der Waals surface area contributed by atoms with Crippen LogP contribution in [0.2, 0.25) is 0 Å². The van der Waals surface area contributed by atoms with E-state index in [1.807, 2.05) is 42.5 Å². The number of nitrogens with zero attached hydrogens (tertiary/aromatic N) is 3. The van der Waals surface area contributed by atoms with E-state index in [0.717, 1.165) is 52.0 Å². The maximum atomic E-state index is 14.1. The maximum Gasteiger partial charge on any atom is 0.126 e. The highest BCUT2D eigenvalue weighted by Crippen LogP contribution is 2.43. The van der Waals surface area contributed by atoms with Gasteiger partial charge in [0.15, 0.2) is 0 Å². The van der Waals surface area contributed by atoms with E-state index in [0.29, 0.717) is 5.92 Å². The van der Waals surface area contributed by atoms with E-state index in [9.17, 15) is 4.39 Å². The Morgan fingerprint density at radius 1 is 0.846 bits per heavy atom. The quantitative estimate of drug-likeness (QED) is 0.502. The van der Waals surface area contributed by atoms with E-state index < -0.39 is 0 Å². The van der Waals surface area contributed by atoms with Gasteiger partial charge in [-0.25, -0.2) is 9.37 Å². The zero-order chi connectivity index (χ0) is 17.5. The molecular formula is C22H16FN3. The molecule has 3 nitrogen and oxygen atoms in total. The third-order valence-electron chi connectivity index (χ3n) is 4.83. The number of rotatable bonds is 3. The first-order valence-electron chi connectivity index (χ1n) is 8.76. The number of hydrogen-bond donors (Lipinski definition) is 0. The molecule has 3 aromatic heterocycles. The second-order valence-electron chi connectivity index (χ2n) is 6.65. The molecule has 0 aliphatic heterocycles. The lowest BCUT2D eigenvalue weighted by atomic mass is 9.99. The van der Waals surface area contributed by atoms with Crippen molar-refractivity contribution in [3.8, 4) is 22.5 Å². The minimum atomic E-state index is -0.122. The molecular weight excluding hydrogens is 325 g/mol. The topological polar surface area (TPSA) is 38.7 Å². The van der Waals surface area contributed by atoms with Gasteiger partial charge in [-0.2, -0.15) is 0 Å². The van der Waals surface area contributed by atoms with Crippen LogP contribution in [0.15, 0.2) is 67.0 Å². The smallest absolute Gasteiger partial charge is 0.126 e. The highest BCUT2D eigenvalue weighted by Gasteiger charge is 2.27. The van der Waals surface area contributed by atoms with E-state index in [4.69, 9.17) is 4.98 Å². The monoisotopic (exact) mass is 341 g/mol. The summed E-state index contributed by atoms with van der Waals surface area (Å²) >= 11 is 0. The number of benzene rings is 1. The van der Waals surface area contributed by atoms with Gasteiger partial charge in [0.1, 0.15) is 5.82 Å². The van der Waals surface area contributed by atoms with Crippen molar-refractivity contribution in [1.29, 1.82) is 0 Å². The first-order chi connectivity index (χ1) is 12.8. The third kappa shape index (κ3) is 2.64. The van der Waals surface area contributed by atoms with Crippen molar-refractivity contribution in [3.63, 3.8) is 0 Å². The molecule has 1 saturated carbocycles. The van der Waals surface area contributed by atoms with Crippen LogP contribution in [0.4, 0.5) is 4.39 Å². The molecule has 4 aromatic rings. The van der Waals surface area contributed by atoms with Gasteiger partial charge in [-0.05, 0) is 78.9 Å². The van der Waals surface area contributed by atoms with Gasteiger partial charge >= 0.3 is 0 Å². The van der Waals surface area contributed by atoms with Crippen LogP contribution >= 0.6 is 0 Å². The molecule has 1 aliphatic rings. The van der Waals surface area contributed by atoms with Crippen molar-refractivity contribution in [3.05, 3.63) is 78.4 Å². The summed E-state index contributed by atoms with van der Waals surface area (Å²) in [6, 6.07) is 17.0. The Labute approximate surface area is 150 Å². The van der Waals surface area contributed by atoms with Crippen LogP contribution in [0.25, 0.3) is 33.5 Å². The van der Waals surface area contributed by atoms with Crippen LogP contribution in [0.3, 0.4) is 0 Å². The summed E-state index contributed by atoms with van der Waals surface area (Å²) in [5, 5.41) is 0. The molecule has 26 heavy (non-hydrogen) atoms. The Hall–Kier alpha value is -3.14. The summed E-state index contributed by atoms with van der Waals surface area (Å²) < 4.78 is 14.1. The predicted molar refractivity (Wildman–Crippen MR) is 100 cm³/mol. The Morgan fingerprint density at radius 2 is 1.69 bits per heavy atom. The molecule has 1 aromatic carbocycles. The highest BCUT2D eigenvalue weighted by atomic mass is 19.1. The Morgan fingerprint density at radius 3 is 2.58 bits per heavy atom. The first kappa shape index (κ1) is 15.1. The van der Waals surface area contributed by atoms with Gasteiger partial charge < -0.3 is 0 Å². The number of aromatic nitrogens is 3. The number of halogens is 1. The van der Waals surface area contributed by atoms with Gasteiger partial charge in [-0.15, -0.1) is 0 Å². The summed E-state index contributed by atoms with van der Waals surface area (Å²) in [7, 11) is 0. The molecule has 1 aliphatic carbocycles. The van der Waals surface area contributed by atoms with E-state index in [2.05, 4.69) is 9.97 Å². The molecule has 0 N–H and O–H groups in total. The summed E-state index contributed by atoms with van der Waals surface area (Å²) in [4.78, 5) is 13.6. The molecule has 0 radical (unpaired) electrons. The zero-order valence-electron chi connectivity index (χ0n) is 14.1. The normalized spacial score (nSPS) is 13.9. The average Bonchev–Trinajstić information content (AvgIpc) is 3.53. The fourth-order valence-electron chi connectivity index (χ4n) is 3.35. The molecule has 0 atom stereocenters. The Bertz CT molecular complexity index is 1120. The summed E-state index contributed by atoms with van der Waals surface area (Å²) in [5.74, 6) is 0.232. The molecule has 0 bridgehead atoms. The third-order valence-corrected chi connectivity index (χ3v) is 4.83. The molecule has 0 unspecified atom stereocenters. The van der Waals surface area contributed by atoms with Gasteiger partial charge in [-0.1, -0.05) is 0 Å². The van der Waals surface area contributed by atoms with Crippen molar-refractivity contribution in [2.45, 2.75) is 18.8 Å². The number of hydrogen-bond acceptors (Lipinski definition) is 3. The Kier molecular flexibility index (Phi) is 3.49. The number of fused-ring (bicyclic) bond motifs is 1. The van der Waals surface area contributed by atoms with Crippen molar-refractivity contribution >= 4 is 11.0 Å². The standard InChI is InChI=1S/C22H16FN3/c23-18-8-7-15(13-17(18)14-5-6-14)22-16(3-1-12-25-22)19-9-10-20-21(26-19)4-2-11-24-20/h1-4,7-14H,5-6H2. The summed E-state index contributed by atoms with van der Waals surface area (Å²) in [5.41, 5.74) is 6.03. The lowest BCUT2D eigenvalue weighted by Crippen LogP contribution is -1.94. The largest absolute Gasteiger partial charge is 0.256 e. The molecule has 1 fully saturated rings. The molecule has 0 amide bonds. The first-order valence-corrected chi connectivity index (χ1v) is 8.76. The fraction of sp³-hybridized carbons (Fsp3) is 0.136.